The van der Waals surface area contributed by atoms with Crippen LogP contribution in [-0.4, -0.2) is 29.2 Å². The van der Waals surface area contributed by atoms with Gasteiger partial charge in [0.25, 0.3) is 0 Å². The third kappa shape index (κ3) is 3.78. The number of rotatable bonds is 5. The zero-order valence-corrected chi connectivity index (χ0v) is 19.8. The number of carbonyl (C=O) groups excluding carboxylic acids is 1. The van der Waals surface area contributed by atoms with Crippen molar-refractivity contribution in [2.75, 3.05) is 19.0 Å². The molecule has 7 heteroatoms. The van der Waals surface area contributed by atoms with Gasteiger partial charge in [0.15, 0.2) is 0 Å². The Morgan fingerprint density at radius 1 is 1.09 bits per heavy atom. The van der Waals surface area contributed by atoms with E-state index >= 15 is 0 Å². The van der Waals surface area contributed by atoms with Gasteiger partial charge in [0, 0.05) is 4.47 Å². The molecule has 33 heavy (non-hydrogen) atoms. The number of carbonyl (C=O) groups is 1. The van der Waals surface area contributed by atoms with Crippen LogP contribution in [0.5, 0.6) is 5.75 Å². The minimum Gasteiger partial charge on any atom is -0.497 e. The van der Waals surface area contributed by atoms with Crippen LogP contribution in [0, 0.1) is 0 Å². The van der Waals surface area contributed by atoms with Crippen molar-refractivity contribution in [2.45, 2.75) is 13.0 Å². The van der Waals surface area contributed by atoms with E-state index in [1.165, 1.54) is 0 Å². The Balaban J connectivity index is 1.81. The fourth-order valence-electron chi connectivity index (χ4n) is 4.24. The molecule has 0 bridgehead atoms. The van der Waals surface area contributed by atoms with Gasteiger partial charge in [-0.2, -0.15) is 0 Å². The summed E-state index contributed by atoms with van der Waals surface area (Å²) in [6.45, 7) is 2.09. The molecule has 2 heterocycles. The van der Waals surface area contributed by atoms with E-state index in [1.807, 2.05) is 79.7 Å². The van der Waals surface area contributed by atoms with E-state index in [2.05, 4.69) is 25.8 Å². The van der Waals surface area contributed by atoms with Crippen molar-refractivity contribution < 1.29 is 14.3 Å². The fraction of sp³-hybridized carbons (Fsp3) is 0.154. The summed E-state index contributed by atoms with van der Waals surface area (Å²) in [6.07, 6.45) is 0. The summed E-state index contributed by atoms with van der Waals surface area (Å²) in [6, 6.07) is 23.1. The lowest BCUT2D eigenvalue weighted by atomic mass is 9.92. The molecule has 1 aliphatic heterocycles. The highest BCUT2D eigenvalue weighted by Gasteiger charge is 2.36. The van der Waals surface area contributed by atoms with E-state index in [9.17, 15) is 4.79 Å². The molecule has 0 radical (unpaired) electrons. The van der Waals surface area contributed by atoms with Gasteiger partial charge >= 0.3 is 5.97 Å². The lowest BCUT2D eigenvalue weighted by Gasteiger charge is -2.31. The normalized spacial score (nSPS) is 15.2. The second-order valence-electron chi connectivity index (χ2n) is 7.61. The van der Waals surface area contributed by atoms with Crippen LogP contribution in [0.1, 0.15) is 24.1 Å². The molecule has 1 unspecified atom stereocenters. The first kappa shape index (κ1) is 21.3. The van der Waals surface area contributed by atoms with Crippen molar-refractivity contribution >= 4 is 44.6 Å². The van der Waals surface area contributed by atoms with Crippen molar-refractivity contribution in [3.8, 4) is 5.75 Å². The van der Waals surface area contributed by atoms with Gasteiger partial charge in [0.1, 0.15) is 5.75 Å². The number of halogens is 1. The third-order valence-electron chi connectivity index (χ3n) is 5.67. The van der Waals surface area contributed by atoms with E-state index in [0.29, 0.717) is 17.2 Å². The van der Waals surface area contributed by atoms with Gasteiger partial charge in [-0.1, -0.05) is 40.2 Å². The molecule has 0 fully saturated rings. The first-order valence-corrected chi connectivity index (χ1v) is 11.4. The number of hydrogen-bond acceptors (Lipinski definition) is 5. The molecule has 0 aliphatic carbocycles. The number of hydrogen-bond donors (Lipinski definition) is 1. The van der Waals surface area contributed by atoms with Crippen molar-refractivity contribution in [3.05, 3.63) is 94.0 Å². The molecule has 0 amide bonds. The Labute approximate surface area is 200 Å². The monoisotopic (exact) mass is 503 g/mol. The molecule has 0 saturated carbocycles. The van der Waals surface area contributed by atoms with E-state index in [0.717, 1.165) is 32.4 Å². The van der Waals surface area contributed by atoms with E-state index < -0.39 is 6.04 Å². The molecule has 0 saturated heterocycles. The maximum absolute atomic E-state index is 13.5. The van der Waals surface area contributed by atoms with Crippen molar-refractivity contribution in [1.82, 2.24) is 9.55 Å². The Kier molecular flexibility index (Phi) is 5.64. The van der Waals surface area contributed by atoms with Crippen molar-refractivity contribution in [1.29, 1.82) is 0 Å². The van der Waals surface area contributed by atoms with Gasteiger partial charge in [-0.3, -0.25) is 4.57 Å². The number of anilines is 1. The summed E-state index contributed by atoms with van der Waals surface area (Å²) in [5.74, 6) is 1.04. The maximum atomic E-state index is 13.5. The Morgan fingerprint density at radius 3 is 2.61 bits per heavy atom. The minimum absolute atomic E-state index is 0.279. The number of nitrogens with zero attached hydrogens (tertiary/aromatic N) is 2. The summed E-state index contributed by atoms with van der Waals surface area (Å²) in [5.41, 5.74) is 4.76. The average Bonchev–Trinajstić information content (AvgIpc) is 3.21. The van der Waals surface area contributed by atoms with Crippen LogP contribution in [0.2, 0.25) is 0 Å². The Bertz CT molecular complexity index is 1380. The second-order valence-corrected chi connectivity index (χ2v) is 8.53. The van der Waals surface area contributed by atoms with Crippen LogP contribution in [0.4, 0.5) is 5.95 Å². The summed E-state index contributed by atoms with van der Waals surface area (Å²) in [5, 5.41) is 3.42. The fourth-order valence-corrected chi connectivity index (χ4v) is 4.66. The van der Waals surface area contributed by atoms with Crippen LogP contribution in [-0.2, 0) is 9.53 Å². The number of benzene rings is 3. The van der Waals surface area contributed by atoms with E-state index in [1.54, 1.807) is 7.11 Å². The third-order valence-corrected chi connectivity index (χ3v) is 6.17. The molecule has 1 atom stereocenters. The number of esters is 1. The predicted octanol–water partition coefficient (Wildman–Crippen LogP) is 5.80. The van der Waals surface area contributed by atoms with Crippen LogP contribution >= 0.6 is 15.9 Å². The number of ether oxygens (including phenoxy) is 2. The molecule has 1 aromatic heterocycles. The highest BCUT2D eigenvalue weighted by Crippen LogP contribution is 2.42. The molecule has 3 aromatic carbocycles. The first-order chi connectivity index (χ1) is 16.1. The van der Waals surface area contributed by atoms with Gasteiger partial charge in [0.05, 0.1) is 42.1 Å². The highest BCUT2D eigenvalue weighted by atomic mass is 79.9. The van der Waals surface area contributed by atoms with Gasteiger partial charge in [-0.25, -0.2) is 9.78 Å². The standard InChI is InChI=1S/C26H22BrN3O3/c1-3-33-25(31)22-23(16-11-13-19(32-2)14-12-16)29-26-28-20-9-4-5-10-21(20)30(26)24(22)17-7-6-8-18(27)15-17/h4-15,24H,3H2,1-2H3,(H,28,29). The first-order valence-electron chi connectivity index (χ1n) is 10.7. The molecule has 1 N–H and O–H groups in total. The lowest BCUT2D eigenvalue weighted by Crippen LogP contribution is -2.29. The Morgan fingerprint density at radius 2 is 1.88 bits per heavy atom. The summed E-state index contributed by atoms with van der Waals surface area (Å²) >= 11 is 3.59. The highest BCUT2D eigenvalue weighted by molar-refractivity contribution is 9.10. The molecule has 1 aliphatic rings. The summed E-state index contributed by atoms with van der Waals surface area (Å²) in [4.78, 5) is 18.3. The SMILES string of the molecule is CCOC(=O)C1=C(c2ccc(OC)cc2)Nc2nc3ccccc3n2C1c1cccc(Br)c1. The van der Waals surface area contributed by atoms with Crippen molar-refractivity contribution in [3.63, 3.8) is 0 Å². The summed E-state index contributed by atoms with van der Waals surface area (Å²) < 4.78 is 13.9. The molecule has 5 rings (SSSR count). The molecular weight excluding hydrogens is 482 g/mol. The molecule has 0 spiro atoms. The molecule has 6 nitrogen and oxygen atoms in total. The molecule has 4 aromatic rings. The number of imidazole rings is 1. The number of nitrogens with one attached hydrogen (secondary N) is 1. The van der Waals surface area contributed by atoms with Gasteiger partial charge in [-0.05, 0) is 66.6 Å². The van der Waals surface area contributed by atoms with Crippen LogP contribution in [0.15, 0.2) is 82.8 Å². The zero-order chi connectivity index (χ0) is 22.9. The predicted molar refractivity (Wildman–Crippen MR) is 132 cm³/mol. The zero-order valence-electron chi connectivity index (χ0n) is 18.2. The Hall–Kier alpha value is -3.58. The maximum Gasteiger partial charge on any atom is 0.338 e. The topological polar surface area (TPSA) is 65.4 Å². The quantitative estimate of drug-likeness (QED) is 0.348. The van der Waals surface area contributed by atoms with Gasteiger partial charge in [0.2, 0.25) is 5.95 Å². The van der Waals surface area contributed by atoms with Crippen LogP contribution in [0.3, 0.4) is 0 Å². The number of methoxy groups -OCH3 is 1. The van der Waals surface area contributed by atoms with Gasteiger partial charge < -0.3 is 14.8 Å². The number of aromatic nitrogens is 2. The van der Waals surface area contributed by atoms with E-state index in [-0.39, 0.29) is 12.6 Å². The largest absolute Gasteiger partial charge is 0.497 e. The molecule has 166 valence electrons. The molecular formula is C26H22BrN3O3. The minimum atomic E-state index is -0.428. The lowest BCUT2D eigenvalue weighted by molar-refractivity contribution is -0.138. The number of fused-ring (bicyclic) bond motifs is 3. The second kappa shape index (κ2) is 8.75. The number of para-hydroxylation sites is 2. The average molecular weight is 504 g/mol. The van der Waals surface area contributed by atoms with Crippen LogP contribution in [0.25, 0.3) is 16.7 Å². The van der Waals surface area contributed by atoms with Crippen molar-refractivity contribution in [2.24, 2.45) is 0 Å². The van der Waals surface area contributed by atoms with E-state index in [4.69, 9.17) is 14.5 Å². The summed E-state index contributed by atoms with van der Waals surface area (Å²) in [7, 11) is 1.63. The van der Waals surface area contributed by atoms with Gasteiger partial charge in [-0.15, -0.1) is 0 Å². The smallest absolute Gasteiger partial charge is 0.338 e. The van der Waals surface area contributed by atoms with Crippen LogP contribution < -0.4 is 10.1 Å².